The largest absolute Gasteiger partial charge is 0.481 e. The van der Waals surface area contributed by atoms with E-state index in [1.807, 2.05) is 30.3 Å². The summed E-state index contributed by atoms with van der Waals surface area (Å²) in [5, 5.41) is 11.2. The summed E-state index contributed by atoms with van der Waals surface area (Å²) < 4.78 is 0. The van der Waals surface area contributed by atoms with Gasteiger partial charge < -0.3 is 10.4 Å². The number of carbonyl (C=O) groups is 2. The molecule has 92 valence electrons. The second kappa shape index (κ2) is 6.96. The van der Waals surface area contributed by atoms with Gasteiger partial charge >= 0.3 is 5.97 Å². The second-order valence-corrected chi connectivity index (χ2v) is 4.68. The van der Waals surface area contributed by atoms with Crippen molar-refractivity contribution in [3.63, 3.8) is 0 Å². The van der Waals surface area contributed by atoms with Crippen molar-refractivity contribution < 1.29 is 14.7 Å². The smallest absolute Gasteiger partial charge is 0.315 e. The molecule has 0 saturated carbocycles. The maximum Gasteiger partial charge on any atom is 0.315 e. The summed E-state index contributed by atoms with van der Waals surface area (Å²) in [4.78, 5) is 23.0. The number of hydrogen-bond acceptors (Lipinski definition) is 3. The zero-order chi connectivity index (χ0) is 12.7. The van der Waals surface area contributed by atoms with Crippen LogP contribution in [0.2, 0.25) is 0 Å². The zero-order valence-corrected chi connectivity index (χ0v) is 10.4. The molecule has 1 amide bonds. The predicted octanol–water partition coefficient (Wildman–Crippen LogP) is 1.62. The van der Waals surface area contributed by atoms with E-state index in [0.29, 0.717) is 6.54 Å². The second-order valence-electron chi connectivity index (χ2n) is 3.51. The number of rotatable bonds is 6. The third-order valence-corrected chi connectivity index (χ3v) is 3.19. The van der Waals surface area contributed by atoms with Crippen LogP contribution in [0.25, 0.3) is 0 Å². The average molecular weight is 253 g/mol. The molecular formula is C12H15NO3S. The Balaban J connectivity index is 2.21. The molecule has 1 aromatic carbocycles. The first-order chi connectivity index (χ1) is 8.11. The van der Waals surface area contributed by atoms with E-state index in [9.17, 15) is 9.59 Å². The van der Waals surface area contributed by atoms with E-state index in [1.54, 1.807) is 11.8 Å². The number of nitrogens with one attached hydrogen (secondary N) is 1. The Hall–Kier alpha value is -1.49. The molecule has 0 fully saturated rings. The molecule has 0 saturated heterocycles. The third kappa shape index (κ3) is 4.91. The highest BCUT2D eigenvalue weighted by atomic mass is 32.2. The lowest BCUT2D eigenvalue weighted by atomic mass is 10.2. The molecule has 0 aliphatic carbocycles. The van der Waals surface area contributed by atoms with Crippen LogP contribution < -0.4 is 5.32 Å². The third-order valence-electron chi connectivity index (χ3n) is 2.18. The van der Waals surface area contributed by atoms with E-state index in [2.05, 4.69) is 5.32 Å². The Bertz CT molecular complexity index is 381. The molecule has 1 rings (SSSR count). The van der Waals surface area contributed by atoms with Gasteiger partial charge in [0.25, 0.3) is 0 Å². The summed E-state index contributed by atoms with van der Waals surface area (Å²) >= 11 is 1.62. The fraction of sp³-hybridized carbons (Fsp3) is 0.333. The Morgan fingerprint density at radius 2 is 2.00 bits per heavy atom. The normalized spacial score (nSPS) is 11.8. The number of aliphatic carboxylic acids is 1. The number of thioether (sulfide) groups is 1. The monoisotopic (exact) mass is 253 g/mol. The minimum absolute atomic E-state index is 0.439. The molecule has 0 aliphatic rings. The van der Waals surface area contributed by atoms with Crippen LogP contribution in [0, 0.1) is 5.92 Å². The Morgan fingerprint density at radius 1 is 1.35 bits per heavy atom. The first kappa shape index (κ1) is 13.6. The van der Waals surface area contributed by atoms with Gasteiger partial charge in [-0.1, -0.05) is 18.2 Å². The Morgan fingerprint density at radius 3 is 2.59 bits per heavy atom. The maximum absolute atomic E-state index is 11.3. The van der Waals surface area contributed by atoms with E-state index >= 15 is 0 Å². The van der Waals surface area contributed by atoms with Gasteiger partial charge in [0.15, 0.2) is 0 Å². The predicted molar refractivity (Wildman–Crippen MR) is 67.0 cm³/mol. The van der Waals surface area contributed by atoms with Crippen molar-refractivity contribution in [1.29, 1.82) is 0 Å². The molecule has 0 radical (unpaired) electrons. The van der Waals surface area contributed by atoms with Gasteiger partial charge in [-0.25, -0.2) is 0 Å². The first-order valence-corrected chi connectivity index (χ1v) is 6.28. The van der Waals surface area contributed by atoms with Gasteiger partial charge in [0.1, 0.15) is 5.92 Å². The number of carbonyl (C=O) groups excluding carboxylic acids is 1. The molecule has 0 spiro atoms. The van der Waals surface area contributed by atoms with Crippen LogP contribution in [-0.2, 0) is 9.59 Å². The molecule has 2 N–H and O–H groups in total. The van der Waals surface area contributed by atoms with Crippen molar-refractivity contribution in [2.24, 2.45) is 5.92 Å². The highest BCUT2D eigenvalue weighted by Gasteiger charge is 2.19. The maximum atomic E-state index is 11.3. The van der Waals surface area contributed by atoms with E-state index in [4.69, 9.17) is 5.11 Å². The summed E-state index contributed by atoms with van der Waals surface area (Å²) in [5.41, 5.74) is 0. The molecular weight excluding hydrogens is 238 g/mol. The fourth-order valence-corrected chi connectivity index (χ4v) is 1.91. The van der Waals surface area contributed by atoms with Gasteiger partial charge in [-0.05, 0) is 19.1 Å². The Labute approximate surface area is 104 Å². The van der Waals surface area contributed by atoms with Crippen LogP contribution in [-0.4, -0.2) is 29.3 Å². The van der Waals surface area contributed by atoms with Gasteiger partial charge in [0.2, 0.25) is 5.91 Å². The van der Waals surface area contributed by atoms with Crippen molar-refractivity contribution in [1.82, 2.24) is 5.32 Å². The highest BCUT2D eigenvalue weighted by Crippen LogP contribution is 2.15. The molecule has 1 unspecified atom stereocenters. The molecule has 0 aliphatic heterocycles. The quantitative estimate of drug-likeness (QED) is 0.459. The van der Waals surface area contributed by atoms with Crippen molar-refractivity contribution in [3.05, 3.63) is 30.3 Å². The van der Waals surface area contributed by atoms with Crippen molar-refractivity contribution >= 4 is 23.6 Å². The molecule has 17 heavy (non-hydrogen) atoms. The molecule has 4 nitrogen and oxygen atoms in total. The number of hydrogen-bond donors (Lipinski definition) is 2. The average Bonchev–Trinajstić information content (AvgIpc) is 2.34. The first-order valence-electron chi connectivity index (χ1n) is 5.29. The minimum atomic E-state index is -1.10. The lowest BCUT2D eigenvalue weighted by molar-refractivity contribution is -0.146. The lowest BCUT2D eigenvalue weighted by Crippen LogP contribution is -2.34. The van der Waals surface area contributed by atoms with Crippen LogP contribution in [0.15, 0.2) is 35.2 Å². The van der Waals surface area contributed by atoms with Gasteiger partial charge in [0, 0.05) is 17.2 Å². The van der Waals surface area contributed by atoms with Gasteiger partial charge in [0.05, 0.1) is 0 Å². The van der Waals surface area contributed by atoms with Crippen LogP contribution in [0.3, 0.4) is 0 Å². The molecule has 0 aromatic heterocycles. The summed E-state index contributed by atoms with van der Waals surface area (Å²) in [6, 6.07) is 9.83. The van der Waals surface area contributed by atoms with Crippen LogP contribution in [0.1, 0.15) is 6.92 Å². The Kier molecular flexibility index (Phi) is 5.56. The summed E-state index contributed by atoms with van der Waals surface area (Å²) in [7, 11) is 0. The van der Waals surface area contributed by atoms with Crippen molar-refractivity contribution in [2.45, 2.75) is 11.8 Å². The fourth-order valence-electron chi connectivity index (χ4n) is 1.13. The molecule has 0 bridgehead atoms. The van der Waals surface area contributed by atoms with E-state index in [0.717, 1.165) is 10.6 Å². The molecule has 1 aromatic rings. The number of benzene rings is 1. The number of amides is 1. The topological polar surface area (TPSA) is 66.4 Å². The summed E-state index contributed by atoms with van der Waals surface area (Å²) in [6.07, 6.45) is 0. The molecule has 0 heterocycles. The van der Waals surface area contributed by atoms with E-state index in [1.165, 1.54) is 6.92 Å². The van der Waals surface area contributed by atoms with E-state index in [-0.39, 0.29) is 0 Å². The van der Waals surface area contributed by atoms with Gasteiger partial charge in [-0.15, -0.1) is 11.8 Å². The minimum Gasteiger partial charge on any atom is -0.481 e. The van der Waals surface area contributed by atoms with Crippen LogP contribution in [0.4, 0.5) is 0 Å². The lowest BCUT2D eigenvalue weighted by Gasteiger charge is -2.07. The number of carboxylic acids is 1. The van der Waals surface area contributed by atoms with E-state index < -0.39 is 17.8 Å². The van der Waals surface area contributed by atoms with Crippen LogP contribution in [0.5, 0.6) is 0 Å². The highest BCUT2D eigenvalue weighted by molar-refractivity contribution is 7.99. The summed E-state index contributed by atoms with van der Waals surface area (Å²) in [6.45, 7) is 1.85. The zero-order valence-electron chi connectivity index (χ0n) is 9.55. The van der Waals surface area contributed by atoms with Crippen molar-refractivity contribution in [3.8, 4) is 0 Å². The standard InChI is InChI=1S/C12H15NO3S/c1-9(12(15)16)11(14)13-7-8-17-10-5-3-2-4-6-10/h2-6,9H,7-8H2,1H3,(H,13,14)(H,15,16). The summed E-state index contributed by atoms with van der Waals surface area (Å²) in [5.74, 6) is -1.80. The molecule has 5 heteroatoms. The van der Waals surface area contributed by atoms with Crippen molar-refractivity contribution in [2.75, 3.05) is 12.3 Å². The van der Waals surface area contributed by atoms with Gasteiger partial charge in [-0.2, -0.15) is 0 Å². The van der Waals surface area contributed by atoms with Gasteiger partial charge in [-0.3, -0.25) is 9.59 Å². The van der Waals surface area contributed by atoms with Crippen LogP contribution >= 0.6 is 11.8 Å². The SMILES string of the molecule is CC(C(=O)O)C(=O)NCCSc1ccccc1. The number of carboxylic acid groups (broad SMARTS) is 1. The molecule has 1 atom stereocenters.